The van der Waals surface area contributed by atoms with E-state index in [-0.39, 0.29) is 11.5 Å². The molecule has 1 amide bonds. The number of hydrogen-bond acceptors (Lipinski definition) is 5. The molecule has 0 unspecified atom stereocenters. The van der Waals surface area contributed by atoms with Gasteiger partial charge in [0.05, 0.1) is 20.5 Å². The first-order valence-electron chi connectivity index (χ1n) is 10.3. The van der Waals surface area contributed by atoms with Gasteiger partial charge >= 0.3 is 0 Å². The van der Waals surface area contributed by atoms with E-state index in [1.165, 1.54) is 6.07 Å². The Morgan fingerprint density at radius 1 is 1.00 bits per heavy atom. The summed E-state index contributed by atoms with van der Waals surface area (Å²) in [5, 5.41) is 2.96. The number of methoxy groups -OCH3 is 2. The number of carbonyl (C=O) groups excluding carboxylic acids is 1. The third-order valence-electron chi connectivity index (χ3n) is 5.16. The molecule has 8 nitrogen and oxygen atoms in total. The first-order chi connectivity index (χ1) is 16.0. The summed E-state index contributed by atoms with van der Waals surface area (Å²) < 4.78 is 12.5. The van der Waals surface area contributed by atoms with E-state index >= 15 is 0 Å². The van der Waals surface area contributed by atoms with Gasteiger partial charge in [-0.25, -0.2) is 4.98 Å². The number of imidazole rings is 1. The van der Waals surface area contributed by atoms with Crippen LogP contribution in [0.25, 0.3) is 11.1 Å². The first-order valence-corrected chi connectivity index (χ1v) is 10.3. The molecule has 33 heavy (non-hydrogen) atoms. The number of amides is 1. The molecule has 2 N–H and O–H groups in total. The molecule has 8 heteroatoms. The predicted octanol–water partition coefficient (Wildman–Crippen LogP) is 3.23. The predicted molar refractivity (Wildman–Crippen MR) is 125 cm³/mol. The molecule has 0 atom stereocenters. The summed E-state index contributed by atoms with van der Waals surface area (Å²) in [6.07, 6.45) is 6.94. The summed E-state index contributed by atoms with van der Waals surface area (Å²) in [6, 6.07) is 14.4. The molecular weight excluding hydrogens is 420 g/mol. The number of aromatic amines is 1. The molecular formula is C25H24N4O4. The zero-order chi connectivity index (χ0) is 23.2. The first kappa shape index (κ1) is 21.9. The Balaban J connectivity index is 1.61. The second-order valence-corrected chi connectivity index (χ2v) is 7.50. The molecule has 2 aromatic carbocycles. The summed E-state index contributed by atoms with van der Waals surface area (Å²) >= 11 is 0. The van der Waals surface area contributed by atoms with Gasteiger partial charge in [0.25, 0.3) is 5.91 Å². The van der Waals surface area contributed by atoms with Crippen LogP contribution in [0.3, 0.4) is 0 Å². The van der Waals surface area contributed by atoms with E-state index in [1.807, 2.05) is 41.1 Å². The highest BCUT2D eigenvalue weighted by Crippen LogP contribution is 2.24. The van der Waals surface area contributed by atoms with E-state index in [0.29, 0.717) is 30.2 Å². The number of carbonyl (C=O) groups is 1. The van der Waals surface area contributed by atoms with E-state index < -0.39 is 0 Å². The van der Waals surface area contributed by atoms with E-state index in [2.05, 4.69) is 15.3 Å². The minimum atomic E-state index is -0.213. The van der Waals surface area contributed by atoms with Crippen molar-refractivity contribution in [1.29, 1.82) is 0 Å². The Bertz CT molecular complexity index is 1270. The quantitative estimate of drug-likeness (QED) is 0.435. The van der Waals surface area contributed by atoms with Crippen molar-refractivity contribution in [1.82, 2.24) is 19.9 Å². The Morgan fingerprint density at radius 3 is 2.42 bits per heavy atom. The van der Waals surface area contributed by atoms with Crippen molar-refractivity contribution >= 4 is 5.91 Å². The number of pyridine rings is 1. The minimum absolute atomic E-state index is 0.181. The maximum absolute atomic E-state index is 13.1. The molecule has 0 fully saturated rings. The van der Waals surface area contributed by atoms with Crippen molar-refractivity contribution in [2.75, 3.05) is 14.2 Å². The van der Waals surface area contributed by atoms with Crippen LogP contribution in [-0.4, -0.2) is 34.7 Å². The van der Waals surface area contributed by atoms with Crippen LogP contribution < -0.4 is 20.3 Å². The van der Waals surface area contributed by atoms with Crippen LogP contribution in [0.4, 0.5) is 0 Å². The smallest absolute Gasteiger partial charge is 0.251 e. The third-order valence-corrected chi connectivity index (χ3v) is 5.16. The normalized spacial score (nSPS) is 10.6. The zero-order valence-electron chi connectivity index (χ0n) is 18.4. The van der Waals surface area contributed by atoms with Gasteiger partial charge in [-0.05, 0) is 58.7 Å². The average molecular weight is 444 g/mol. The molecule has 0 saturated heterocycles. The molecule has 2 aromatic heterocycles. The van der Waals surface area contributed by atoms with Crippen molar-refractivity contribution < 1.29 is 14.3 Å². The van der Waals surface area contributed by atoms with Gasteiger partial charge in [0.15, 0.2) is 0 Å². The van der Waals surface area contributed by atoms with Crippen molar-refractivity contribution in [2.45, 2.75) is 13.1 Å². The van der Waals surface area contributed by atoms with Crippen molar-refractivity contribution in [3.63, 3.8) is 0 Å². The Kier molecular flexibility index (Phi) is 6.54. The second kappa shape index (κ2) is 9.86. The Morgan fingerprint density at radius 2 is 1.79 bits per heavy atom. The maximum atomic E-state index is 13.1. The lowest BCUT2D eigenvalue weighted by Gasteiger charge is -2.12. The maximum Gasteiger partial charge on any atom is 0.251 e. The minimum Gasteiger partial charge on any atom is -0.497 e. The van der Waals surface area contributed by atoms with Gasteiger partial charge in [-0.2, -0.15) is 0 Å². The van der Waals surface area contributed by atoms with E-state index in [9.17, 15) is 9.59 Å². The van der Waals surface area contributed by atoms with Crippen LogP contribution >= 0.6 is 0 Å². The molecule has 0 radical (unpaired) electrons. The van der Waals surface area contributed by atoms with Gasteiger partial charge in [0, 0.05) is 49.4 Å². The molecule has 2 heterocycles. The van der Waals surface area contributed by atoms with Crippen LogP contribution in [0.2, 0.25) is 0 Å². The summed E-state index contributed by atoms with van der Waals surface area (Å²) in [4.78, 5) is 31.3. The van der Waals surface area contributed by atoms with Crippen molar-refractivity contribution in [3.05, 3.63) is 100 Å². The van der Waals surface area contributed by atoms with E-state index in [4.69, 9.17) is 9.47 Å². The number of aromatic nitrogens is 3. The number of rotatable bonds is 8. The number of nitrogens with zero attached hydrogens (tertiary/aromatic N) is 2. The molecule has 0 bridgehead atoms. The zero-order valence-corrected chi connectivity index (χ0v) is 18.4. The third kappa shape index (κ3) is 5.48. The second-order valence-electron chi connectivity index (χ2n) is 7.50. The van der Waals surface area contributed by atoms with Crippen LogP contribution in [0.1, 0.15) is 21.5 Å². The molecule has 4 rings (SSSR count). The lowest BCUT2D eigenvalue weighted by molar-refractivity contribution is 0.0950. The molecule has 0 aliphatic carbocycles. The Labute approximate surface area is 190 Å². The van der Waals surface area contributed by atoms with Gasteiger partial charge in [0.1, 0.15) is 11.5 Å². The van der Waals surface area contributed by atoms with Crippen LogP contribution in [0, 0.1) is 0 Å². The van der Waals surface area contributed by atoms with Crippen LogP contribution in [0.5, 0.6) is 11.5 Å². The van der Waals surface area contributed by atoms with Crippen molar-refractivity contribution in [3.8, 4) is 22.6 Å². The topological polar surface area (TPSA) is 98.2 Å². The van der Waals surface area contributed by atoms with Gasteiger partial charge in [-0.1, -0.05) is 0 Å². The number of ether oxygens (including phenoxy) is 2. The highest BCUT2D eigenvalue weighted by molar-refractivity contribution is 5.95. The van der Waals surface area contributed by atoms with Crippen LogP contribution in [0.15, 0.2) is 78.2 Å². The molecule has 0 saturated carbocycles. The lowest BCUT2D eigenvalue weighted by Crippen LogP contribution is -2.23. The fraction of sp³-hybridized carbons (Fsp3) is 0.160. The lowest BCUT2D eigenvalue weighted by atomic mass is 10.00. The van der Waals surface area contributed by atoms with Crippen molar-refractivity contribution in [2.24, 2.45) is 0 Å². The summed E-state index contributed by atoms with van der Waals surface area (Å²) in [5.74, 6) is 1.09. The fourth-order valence-corrected chi connectivity index (χ4v) is 3.52. The highest BCUT2D eigenvalue weighted by Gasteiger charge is 2.12. The Hall–Kier alpha value is -4.33. The molecule has 0 aliphatic heterocycles. The van der Waals surface area contributed by atoms with Crippen LogP contribution in [-0.2, 0) is 13.1 Å². The summed E-state index contributed by atoms with van der Waals surface area (Å²) in [6.45, 7) is 0.872. The number of hydrogen-bond donors (Lipinski definition) is 2. The van der Waals surface area contributed by atoms with Gasteiger partial charge in [-0.15, -0.1) is 0 Å². The molecule has 0 spiro atoms. The van der Waals surface area contributed by atoms with E-state index in [1.54, 1.807) is 45.1 Å². The summed E-state index contributed by atoms with van der Waals surface area (Å²) in [5.41, 5.74) is 3.77. The van der Waals surface area contributed by atoms with E-state index in [0.717, 1.165) is 22.3 Å². The molecule has 0 aliphatic rings. The number of benzene rings is 2. The molecule has 168 valence electrons. The standard InChI is InChI=1S/C25H24N4O4/c1-32-22-9-17(10-23(12-22)33-2)13-28-25(31)21-8-18(15-29-6-5-26-16-29)7-20(11-21)19-3-4-24(30)27-14-19/h3-12,14,16H,13,15H2,1-2H3,(H,27,30)(H,28,31). The largest absolute Gasteiger partial charge is 0.497 e. The summed E-state index contributed by atoms with van der Waals surface area (Å²) in [7, 11) is 3.17. The monoisotopic (exact) mass is 444 g/mol. The van der Waals surface area contributed by atoms with Gasteiger partial charge in [0.2, 0.25) is 5.56 Å². The highest BCUT2D eigenvalue weighted by atomic mass is 16.5. The number of H-pyrrole nitrogens is 1. The fourth-order valence-electron chi connectivity index (χ4n) is 3.52. The van der Waals surface area contributed by atoms with Gasteiger partial charge < -0.3 is 24.3 Å². The average Bonchev–Trinajstić information content (AvgIpc) is 3.35. The SMILES string of the molecule is COc1cc(CNC(=O)c2cc(Cn3ccnc3)cc(-c3ccc(=O)[nH]c3)c2)cc(OC)c1. The molecule has 4 aromatic rings. The number of nitrogens with one attached hydrogen (secondary N) is 2. The van der Waals surface area contributed by atoms with Gasteiger partial charge in [-0.3, -0.25) is 9.59 Å².